The summed E-state index contributed by atoms with van der Waals surface area (Å²) in [7, 11) is 0. The summed E-state index contributed by atoms with van der Waals surface area (Å²) in [6.07, 6.45) is 1.50. The van der Waals surface area contributed by atoms with Crippen molar-refractivity contribution < 1.29 is 37.4 Å². The summed E-state index contributed by atoms with van der Waals surface area (Å²) in [5.41, 5.74) is 0. The largest absolute Gasteiger partial charge is 2.00 e. The second-order valence-electron chi connectivity index (χ2n) is 1.02. The molecule has 65 valence electrons. The average molecular weight is 223 g/mol. The van der Waals surface area contributed by atoms with Crippen molar-refractivity contribution in [2.24, 2.45) is 0 Å². The van der Waals surface area contributed by atoms with E-state index in [1.54, 1.807) is 11.3 Å². The van der Waals surface area contributed by atoms with Crippen LogP contribution < -0.4 is 18.9 Å². The van der Waals surface area contributed by atoms with Crippen LogP contribution in [0.3, 0.4) is 0 Å². The van der Waals surface area contributed by atoms with Gasteiger partial charge in [0.15, 0.2) is 0 Å². The summed E-state index contributed by atoms with van der Waals surface area (Å²) >= 11 is 1.59. The van der Waals surface area contributed by atoms with E-state index in [0.29, 0.717) is 0 Å². The molecule has 0 amide bonds. The van der Waals surface area contributed by atoms with Gasteiger partial charge in [-0.2, -0.15) is 11.4 Å². The first-order chi connectivity index (χ1) is 4.91. The number of rotatable bonds is 0. The molecule has 1 aromatic heterocycles. The Kier molecular flexibility index (Phi) is 57.9. The molecule has 0 N–H and O–H groups in total. The first kappa shape index (κ1) is 22.7. The molecule has 4 heteroatoms. The van der Waals surface area contributed by atoms with Crippen molar-refractivity contribution in [2.45, 2.75) is 0 Å². The van der Waals surface area contributed by atoms with E-state index in [4.69, 9.17) is 5.26 Å². The van der Waals surface area contributed by atoms with Crippen LogP contribution in [0.5, 0.6) is 0 Å². The van der Waals surface area contributed by atoms with Gasteiger partial charge in [0, 0.05) is 6.57 Å². The van der Waals surface area contributed by atoms with Crippen LogP contribution >= 0.6 is 11.3 Å². The van der Waals surface area contributed by atoms with Gasteiger partial charge < -0.3 is 12.8 Å². The minimum absolute atomic E-state index is 0. The number of nitrogens with zero attached hydrogens (tertiary/aromatic N) is 1. The number of thiophene rings is 1. The molecule has 1 heterocycles. The normalized spacial score (nSPS) is 4.50. The smallest absolute Gasteiger partial charge is 1.00 e. The zero-order valence-electron chi connectivity index (χ0n) is 7.96. The fraction of sp³-hybridized carbons (Fsp3) is 0. The predicted molar refractivity (Wildman–Crippen MR) is 46.5 cm³/mol. The van der Waals surface area contributed by atoms with Crippen molar-refractivity contribution in [3.8, 4) is 6.57 Å². The molecule has 1 rings (SSSR count). The van der Waals surface area contributed by atoms with E-state index in [9.17, 15) is 0 Å². The zero-order valence-corrected chi connectivity index (χ0v) is 8.72. The Balaban J connectivity index is -0.0000000244. The molecule has 0 atom stereocenters. The quantitative estimate of drug-likeness (QED) is 0.441. The van der Waals surface area contributed by atoms with E-state index in [1.807, 2.05) is 17.5 Å². The molecule has 1 aromatic rings. The van der Waals surface area contributed by atoms with Gasteiger partial charge in [-0.3, -0.25) is 0 Å². The Bertz CT molecular complexity index is 139. The Morgan fingerprint density at radius 2 is 2.08 bits per heavy atom. The van der Waals surface area contributed by atoms with Crippen molar-refractivity contribution in [2.75, 3.05) is 0 Å². The van der Waals surface area contributed by atoms with Crippen molar-refractivity contribution in [1.29, 1.82) is 5.26 Å². The minimum Gasteiger partial charge on any atom is -1.00 e. The number of nitriles is 1. The summed E-state index contributed by atoms with van der Waals surface area (Å²) < 4.78 is 0. The second kappa shape index (κ2) is 30.7. The van der Waals surface area contributed by atoms with Gasteiger partial charge in [-0.1, -0.05) is 0 Å². The minimum atomic E-state index is 0. The number of hydrogen-bond donors (Lipinski definition) is 0. The topological polar surface area (TPSA) is 23.8 Å². The molecule has 0 bridgehead atoms. The maximum absolute atomic E-state index is 6.50. The Labute approximate surface area is 103 Å². The molecule has 0 aromatic carbocycles. The molecule has 1 nitrogen and oxygen atoms in total. The monoisotopic (exact) mass is 222 g/mol. The van der Waals surface area contributed by atoms with Crippen molar-refractivity contribution in [3.63, 3.8) is 0 Å². The number of hydrogen-bond acceptors (Lipinski definition) is 2. The Hall–Kier alpha value is -0.0831. The van der Waals surface area contributed by atoms with Crippen LogP contribution in [-0.4, -0.2) is 0 Å². The van der Waals surface area contributed by atoms with E-state index in [-0.39, 0.29) is 37.4 Å². The third-order valence-electron chi connectivity index (χ3n) is 0.379. The van der Waals surface area contributed by atoms with Gasteiger partial charge in [-0.15, -0.1) is 5.38 Å². The molecule has 0 unspecified atom stereocenters. The van der Waals surface area contributed by atoms with Crippen LogP contribution in [0, 0.1) is 24.1 Å². The van der Waals surface area contributed by atoms with E-state index in [2.05, 4.69) is 25.5 Å². The van der Waals surface area contributed by atoms with Gasteiger partial charge in [0.2, 0.25) is 0 Å². The van der Waals surface area contributed by atoms with Crippen LogP contribution in [0.2, 0.25) is 0 Å². The molecule has 0 spiro atoms. The molecular weight excluding hydrogens is 213 g/mol. The maximum Gasteiger partial charge on any atom is 2.00 e. The predicted octanol–water partition coefficient (Wildman–Crippen LogP) is -0.191. The van der Waals surface area contributed by atoms with Crippen molar-refractivity contribution in [1.82, 2.24) is 0 Å². The SMILES string of the molecule is C#N.C=C[CH2-].[Cu+2].[H-].[Li+].[c-]1cccs1. The fourth-order valence-corrected chi connectivity index (χ4v) is 0.589. The summed E-state index contributed by atoms with van der Waals surface area (Å²) in [6, 6.07) is 3.86. The molecule has 12 heavy (non-hydrogen) atoms. The van der Waals surface area contributed by atoms with E-state index < -0.39 is 0 Å². The molecule has 1 radical (unpaired) electrons. The van der Waals surface area contributed by atoms with Crippen LogP contribution in [0.25, 0.3) is 0 Å². The van der Waals surface area contributed by atoms with Gasteiger partial charge in [0.25, 0.3) is 0 Å². The third-order valence-corrected chi connectivity index (χ3v) is 0.944. The van der Waals surface area contributed by atoms with Gasteiger partial charge in [-0.05, 0) is 0 Å². The molecular formula is C8H10CuLiNS. The van der Waals surface area contributed by atoms with Crippen molar-refractivity contribution in [3.05, 3.63) is 42.5 Å². The molecule has 0 saturated carbocycles. The van der Waals surface area contributed by atoms with E-state index >= 15 is 0 Å². The standard InChI is InChI=1S/C4H3S.C3H5.CHN.Cu.Li.H/c1-2-4-5-3-1;1-3-2;1-2;;;/h1-3H;3H,1-2H2;1H;;;/q2*-1;;+2;+1;-1. The van der Waals surface area contributed by atoms with Crippen LogP contribution in [0.1, 0.15) is 1.43 Å². The summed E-state index contributed by atoms with van der Waals surface area (Å²) in [6.45, 7) is 10.0. The molecule has 0 aliphatic rings. The van der Waals surface area contributed by atoms with Crippen LogP contribution in [0.4, 0.5) is 0 Å². The second-order valence-corrected chi connectivity index (χ2v) is 1.76. The maximum atomic E-state index is 6.50. The number of allylic oxidation sites excluding steroid dienone is 1. The summed E-state index contributed by atoms with van der Waals surface area (Å²) in [5, 5.41) is 11.4. The Morgan fingerprint density at radius 3 is 2.17 bits per heavy atom. The third kappa shape index (κ3) is 32.6. The molecule has 0 saturated heterocycles. The Morgan fingerprint density at radius 1 is 1.67 bits per heavy atom. The van der Waals surface area contributed by atoms with Gasteiger partial charge in [0.05, 0.1) is 0 Å². The average Bonchev–Trinajstić information content (AvgIpc) is 2.48. The molecule has 0 aliphatic carbocycles. The van der Waals surface area contributed by atoms with Crippen LogP contribution in [-0.2, 0) is 17.1 Å². The zero-order chi connectivity index (χ0) is 8.24. The first-order valence-electron chi connectivity index (χ1n) is 2.47. The van der Waals surface area contributed by atoms with Gasteiger partial charge in [0.1, 0.15) is 0 Å². The van der Waals surface area contributed by atoms with Gasteiger partial charge in [-0.25, -0.2) is 30.9 Å². The van der Waals surface area contributed by atoms with Gasteiger partial charge >= 0.3 is 35.9 Å². The molecule has 0 aliphatic heterocycles. The van der Waals surface area contributed by atoms with Crippen molar-refractivity contribution >= 4 is 11.3 Å². The molecule has 0 fully saturated rings. The van der Waals surface area contributed by atoms with E-state index in [1.165, 1.54) is 6.08 Å². The van der Waals surface area contributed by atoms with E-state index in [0.717, 1.165) is 0 Å². The fourth-order valence-electron chi connectivity index (χ4n) is 0.196. The summed E-state index contributed by atoms with van der Waals surface area (Å²) in [4.78, 5) is 0. The summed E-state index contributed by atoms with van der Waals surface area (Å²) in [5.74, 6) is 0. The van der Waals surface area contributed by atoms with Crippen LogP contribution in [0.15, 0.2) is 30.2 Å². The first-order valence-corrected chi connectivity index (χ1v) is 3.35.